The number of aromatic nitrogens is 1. The lowest BCUT2D eigenvalue weighted by molar-refractivity contribution is 0.737. The number of nitrogens with zero attached hydrogens (tertiary/aromatic N) is 1. The lowest BCUT2D eigenvalue weighted by atomic mass is 10.1. The highest BCUT2D eigenvalue weighted by Gasteiger charge is 2.08. The first kappa shape index (κ1) is 13.6. The van der Waals surface area contributed by atoms with Gasteiger partial charge in [0.2, 0.25) is 0 Å². The Morgan fingerprint density at radius 1 is 1.41 bits per heavy atom. The summed E-state index contributed by atoms with van der Waals surface area (Å²) in [6.07, 6.45) is 8.37. The van der Waals surface area contributed by atoms with Crippen LogP contribution in [0, 0.1) is 12.3 Å². The van der Waals surface area contributed by atoms with E-state index in [2.05, 4.69) is 28.8 Å². The van der Waals surface area contributed by atoms with Crippen LogP contribution in [0.2, 0.25) is 0 Å². The van der Waals surface area contributed by atoms with Gasteiger partial charge in [0.1, 0.15) is 0 Å². The predicted molar refractivity (Wildman–Crippen MR) is 75.4 cm³/mol. The molecule has 17 heavy (non-hydrogen) atoms. The summed E-state index contributed by atoms with van der Waals surface area (Å²) < 4.78 is 2.10. The van der Waals surface area contributed by atoms with Crippen molar-refractivity contribution in [2.75, 3.05) is 0 Å². The topological polar surface area (TPSA) is 30.9 Å². The highest BCUT2D eigenvalue weighted by Crippen LogP contribution is 2.22. The number of terminal acetylenes is 1. The number of fused-ring (bicyclic) bond motifs is 1. The van der Waals surface area contributed by atoms with E-state index in [0.717, 1.165) is 6.42 Å². The van der Waals surface area contributed by atoms with Crippen LogP contribution in [0.5, 0.6) is 0 Å². The molecule has 1 unspecified atom stereocenters. The van der Waals surface area contributed by atoms with Crippen LogP contribution >= 0.6 is 12.4 Å². The molecule has 0 spiro atoms. The summed E-state index contributed by atoms with van der Waals surface area (Å²) in [6, 6.07) is 8.47. The van der Waals surface area contributed by atoms with Crippen molar-refractivity contribution in [3.63, 3.8) is 0 Å². The summed E-state index contributed by atoms with van der Waals surface area (Å²) in [5.41, 5.74) is 8.32. The second-order valence-corrected chi connectivity index (χ2v) is 4.18. The largest absolute Gasteiger partial charge is 0.336 e. The van der Waals surface area contributed by atoms with Gasteiger partial charge >= 0.3 is 0 Å². The van der Waals surface area contributed by atoms with Gasteiger partial charge in [-0.05, 0) is 25.0 Å². The third-order valence-electron chi connectivity index (χ3n) is 2.67. The van der Waals surface area contributed by atoms with Gasteiger partial charge in [0.25, 0.3) is 0 Å². The van der Waals surface area contributed by atoms with Crippen molar-refractivity contribution in [1.29, 1.82) is 0 Å². The molecule has 0 amide bonds. The normalized spacial score (nSPS) is 11.8. The van der Waals surface area contributed by atoms with E-state index in [9.17, 15) is 0 Å². The van der Waals surface area contributed by atoms with E-state index in [1.54, 1.807) is 0 Å². The van der Waals surface area contributed by atoms with Crippen molar-refractivity contribution < 1.29 is 0 Å². The fraction of sp³-hybridized carbons (Fsp3) is 0.286. The van der Waals surface area contributed by atoms with E-state index >= 15 is 0 Å². The molecule has 2 N–H and O–H groups in total. The average molecular weight is 249 g/mol. The van der Waals surface area contributed by atoms with Crippen LogP contribution in [0.3, 0.4) is 0 Å². The van der Waals surface area contributed by atoms with Crippen LogP contribution < -0.4 is 5.73 Å². The van der Waals surface area contributed by atoms with Crippen molar-refractivity contribution in [3.05, 3.63) is 36.0 Å². The lowest BCUT2D eigenvalue weighted by Crippen LogP contribution is -2.17. The van der Waals surface area contributed by atoms with Gasteiger partial charge in [-0.25, -0.2) is 0 Å². The molecule has 0 aliphatic carbocycles. The zero-order valence-electron chi connectivity index (χ0n) is 9.89. The maximum atomic E-state index is 5.85. The minimum atomic E-state index is 0. The van der Waals surface area contributed by atoms with Gasteiger partial charge in [0.05, 0.1) is 6.54 Å². The molecule has 0 aliphatic rings. The maximum Gasteiger partial charge on any atom is 0.0835 e. The fourth-order valence-electron chi connectivity index (χ4n) is 2.06. The summed E-state index contributed by atoms with van der Waals surface area (Å²) in [5, 5.41) is 1.26. The number of hydrogen-bond donors (Lipinski definition) is 1. The van der Waals surface area contributed by atoms with Crippen molar-refractivity contribution in [2.45, 2.75) is 25.9 Å². The molecule has 90 valence electrons. The van der Waals surface area contributed by atoms with E-state index in [-0.39, 0.29) is 18.4 Å². The quantitative estimate of drug-likeness (QED) is 0.832. The smallest absolute Gasteiger partial charge is 0.0835 e. The molecule has 2 nitrogen and oxygen atoms in total. The molecule has 0 saturated heterocycles. The number of nitrogens with two attached hydrogens (primary N) is 1. The Bertz CT molecular complexity index is 535. The Morgan fingerprint density at radius 3 is 2.76 bits per heavy atom. The number of para-hydroxylation sites is 1. The second kappa shape index (κ2) is 5.77. The lowest BCUT2D eigenvalue weighted by Gasteiger charge is -2.02. The first-order valence-electron chi connectivity index (χ1n) is 5.48. The third-order valence-corrected chi connectivity index (χ3v) is 2.67. The standard InChI is InChI=1S/C14H16N2.ClH/c1-3-8-16-10-12(9-11(2)15)13-6-4-5-7-14(13)16;/h1,4-7,10-11H,8-9,15H2,2H3;1H. The first-order chi connectivity index (χ1) is 7.72. The minimum absolute atomic E-state index is 0. The number of halogens is 1. The van der Waals surface area contributed by atoms with Crippen LogP contribution in [0.25, 0.3) is 10.9 Å². The molecule has 2 aromatic rings. The Morgan fingerprint density at radius 2 is 2.12 bits per heavy atom. The molecule has 0 fully saturated rings. The van der Waals surface area contributed by atoms with Crippen LogP contribution in [0.4, 0.5) is 0 Å². The summed E-state index contributed by atoms with van der Waals surface area (Å²) in [4.78, 5) is 0. The highest BCUT2D eigenvalue weighted by molar-refractivity contribution is 5.85. The van der Waals surface area contributed by atoms with Gasteiger partial charge in [-0.1, -0.05) is 24.1 Å². The zero-order chi connectivity index (χ0) is 11.5. The summed E-state index contributed by atoms with van der Waals surface area (Å²) >= 11 is 0. The minimum Gasteiger partial charge on any atom is -0.336 e. The van der Waals surface area contributed by atoms with Gasteiger partial charge < -0.3 is 10.3 Å². The molecule has 0 radical (unpaired) electrons. The molecule has 1 aromatic heterocycles. The van der Waals surface area contributed by atoms with E-state index in [1.165, 1.54) is 16.5 Å². The van der Waals surface area contributed by atoms with Gasteiger partial charge in [0, 0.05) is 23.1 Å². The number of hydrogen-bond acceptors (Lipinski definition) is 1. The molecular weight excluding hydrogens is 232 g/mol. The van der Waals surface area contributed by atoms with Gasteiger partial charge in [-0.3, -0.25) is 0 Å². The van der Waals surface area contributed by atoms with E-state index in [4.69, 9.17) is 12.2 Å². The van der Waals surface area contributed by atoms with Crippen LogP contribution in [0.1, 0.15) is 12.5 Å². The fourth-order valence-corrected chi connectivity index (χ4v) is 2.06. The Kier molecular flexibility index (Phi) is 4.62. The summed E-state index contributed by atoms with van der Waals surface area (Å²) in [5.74, 6) is 2.67. The van der Waals surface area contributed by atoms with Crippen molar-refractivity contribution >= 4 is 23.3 Å². The molecule has 3 heteroatoms. The number of benzene rings is 1. The Balaban J connectivity index is 0.00000144. The molecule has 1 aromatic carbocycles. The molecule has 0 saturated carbocycles. The van der Waals surface area contributed by atoms with E-state index in [0.29, 0.717) is 6.54 Å². The predicted octanol–water partition coefficient (Wildman–Crippen LogP) is 2.59. The summed E-state index contributed by atoms with van der Waals surface area (Å²) in [7, 11) is 0. The van der Waals surface area contributed by atoms with Crippen molar-refractivity contribution in [3.8, 4) is 12.3 Å². The highest BCUT2D eigenvalue weighted by atomic mass is 35.5. The SMILES string of the molecule is C#CCn1cc(CC(C)N)c2ccccc21.Cl. The molecule has 0 bridgehead atoms. The molecule has 1 heterocycles. The average Bonchev–Trinajstić information content (AvgIpc) is 2.58. The van der Waals surface area contributed by atoms with E-state index in [1.807, 2.05) is 19.1 Å². The zero-order valence-corrected chi connectivity index (χ0v) is 10.7. The number of rotatable bonds is 3. The van der Waals surface area contributed by atoms with Crippen LogP contribution in [-0.4, -0.2) is 10.6 Å². The Hall–Kier alpha value is -1.43. The van der Waals surface area contributed by atoms with Gasteiger partial charge in [0.15, 0.2) is 0 Å². The van der Waals surface area contributed by atoms with E-state index < -0.39 is 0 Å². The maximum absolute atomic E-state index is 5.85. The monoisotopic (exact) mass is 248 g/mol. The van der Waals surface area contributed by atoms with Crippen molar-refractivity contribution in [1.82, 2.24) is 4.57 Å². The summed E-state index contributed by atoms with van der Waals surface area (Å²) in [6.45, 7) is 2.63. The van der Waals surface area contributed by atoms with Crippen LogP contribution in [-0.2, 0) is 13.0 Å². The first-order valence-corrected chi connectivity index (χ1v) is 5.48. The Labute approximate surface area is 108 Å². The van der Waals surface area contributed by atoms with Crippen LogP contribution in [0.15, 0.2) is 30.5 Å². The molecule has 0 aliphatic heterocycles. The molecule has 2 rings (SSSR count). The third kappa shape index (κ3) is 2.82. The second-order valence-electron chi connectivity index (χ2n) is 4.18. The van der Waals surface area contributed by atoms with Gasteiger partial charge in [-0.15, -0.1) is 18.8 Å². The van der Waals surface area contributed by atoms with Crippen molar-refractivity contribution in [2.24, 2.45) is 5.73 Å². The van der Waals surface area contributed by atoms with Gasteiger partial charge in [-0.2, -0.15) is 0 Å². The molecular formula is C14H17ClN2. The molecule has 1 atom stereocenters.